The van der Waals surface area contributed by atoms with E-state index in [0.717, 1.165) is 23.3 Å². The summed E-state index contributed by atoms with van der Waals surface area (Å²) in [6.07, 6.45) is 3.24. The Kier molecular flexibility index (Phi) is 5.35. The maximum atomic E-state index is 12.3. The molecule has 3 rings (SSSR count). The lowest BCUT2D eigenvalue weighted by molar-refractivity contribution is -0.154. The number of nitrogens with one attached hydrogen (secondary N) is 1. The average molecular weight is 358 g/mol. The van der Waals surface area contributed by atoms with E-state index >= 15 is 0 Å². The van der Waals surface area contributed by atoms with Gasteiger partial charge in [0.15, 0.2) is 6.61 Å². The van der Waals surface area contributed by atoms with Crippen molar-refractivity contribution in [2.24, 2.45) is 11.8 Å². The molecule has 2 fully saturated rings. The largest absolute Gasteiger partial charge is 0.454 e. The first-order valence-electron chi connectivity index (χ1n) is 8.83. The van der Waals surface area contributed by atoms with E-state index in [4.69, 9.17) is 4.74 Å². The highest BCUT2D eigenvalue weighted by Gasteiger charge is 2.48. The van der Waals surface area contributed by atoms with Gasteiger partial charge >= 0.3 is 5.97 Å². The second-order valence-corrected chi connectivity index (χ2v) is 6.78. The van der Waals surface area contributed by atoms with Gasteiger partial charge in [-0.05, 0) is 31.4 Å². The number of esters is 1. The Hall–Kier alpha value is -2.70. The molecule has 1 saturated heterocycles. The van der Waals surface area contributed by atoms with Crippen LogP contribution in [0.5, 0.6) is 0 Å². The Morgan fingerprint density at radius 2 is 1.73 bits per heavy atom. The monoisotopic (exact) mass is 358 g/mol. The number of carbonyl (C=O) groups excluding carboxylic acids is 4. The van der Waals surface area contributed by atoms with Crippen LogP contribution in [0.2, 0.25) is 0 Å². The molecule has 1 aliphatic heterocycles. The van der Waals surface area contributed by atoms with Gasteiger partial charge in [0.1, 0.15) is 6.54 Å². The van der Waals surface area contributed by atoms with Gasteiger partial charge in [-0.1, -0.05) is 31.0 Å². The summed E-state index contributed by atoms with van der Waals surface area (Å²) in [5, 5.41) is 2.65. The predicted molar refractivity (Wildman–Crippen MR) is 92.9 cm³/mol. The number of para-hydroxylation sites is 1. The SMILES string of the molecule is Cc1ccccc1NC(=O)COC(=O)CN1C(=O)[C@H]2CCCC[C@H]2C1=O. The maximum Gasteiger partial charge on any atom is 0.326 e. The molecule has 0 radical (unpaired) electrons. The Morgan fingerprint density at radius 1 is 1.12 bits per heavy atom. The number of anilines is 1. The van der Waals surface area contributed by atoms with Gasteiger partial charge in [-0.15, -0.1) is 0 Å². The van der Waals surface area contributed by atoms with Crippen LogP contribution in [0.25, 0.3) is 0 Å². The van der Waals surface area contributed by atoms with Crippen molar-refractivity contribution in [2.75, 3.05) is 18.5 Å². The zero-order chi connectivity index (χ0) is 18.7. The fourth-order valence-electron chi connectivity index (χ4n) is 3.61. The molecule has 0 bridgehead atoms. The molecule has 138 valence electrons. The molecule has 1 aromatic carbocycles. The summed E-state index contributed by atoms with van der Waals surface area (Å²) in [5.41, 5.74) is 1.53. The number of nitrogens with zero attached hydrogens (tertiary/aromatic N) is 1. The first-order valence-corrected chi connectivity index (χ1v) is 8.83. The second kappa shape index (κ2) is 7.68. The number of likely N-dealkylation sites (tertiary alicyclic amines) is 1. The van der Waals surface area contributed by atoms with Crippen LogP contribution in [-0.2, 0) is 23.9 Å². The standard InChI is InChI=1S/C19H22N2O5/c1-12-6-2-5-9-15(12)20-16(22)11-26-17(23)10-21-18(24)13-7-3-4-8-14(13)19(21)25/h2,5-6,9,13-14H,3-4,7-8,10-11H2,1H3,(H,20,22)/t13-,14+. The molecular formula is C19H22N2O5. The Labute approximate surface area is 151 Å². The van der Waals surface area contributed by atoms with Gasteiger partial charge in [0.2, 0.25) is 11.8 Å². The lowest BCUT2D eigenvalue weighted by Crippen LogP contribution is -2.37. The molecular weight excluding hydrogens is 336 g/mol. The third-order valence-electron chi connectivity index (χ3n) is 5.00. The Morgan fingerprint density at radius 3 is 2.35 bits per heavy atom. The van der Waals surface area contributed by atoms with Crippen molar-refractivity contribution >= 4 is 29.4 Å². The fourth-order valence-corrected chi connectivity index (χ4v) is 3.61. The second-order valence-electron chi connectivity index (χ2n) is 6.78. The number of imide groups is 1. The average Bonchev–Trinajstić information content (AvgIpc) is 2.87. The minimum Gasteiger partial charge on any atom is -0.454 e. The molecule has 2 aliphatic rings. The minimum atomic E-state index is -0.759. The summed E-state index contributed by atoms with van der Waals surface area (Å²) >= 11 is 0. The molecule has 1 aromatic rings. The lowest BCUT2D eigenvalue weighted by Gasteiger charge is -2.19. The highest BCUT2D eigenvalue weighted by Crippen LogP contribution is 2.37. The molecule has 2 atom stereocenters. The van der Waals surface area contributed by atoms with Crippen LogP contribution in [0, 0.1) is 18.8 Å². The number of amides is 3. The molecule has 26 heavy (non-hydrogen) atoms. The molecule has 0 unspecified atom stereocenters. The maximum absolute atomic E-state index is 12.3. The summed E-state index contributed by atoms with van der Waals surface area (Å²) in [6.45, 7) is 0.963. The van der Waals surface area contributed by atoms with Crippen molar-refractivity contribution in [1.82, 2.24) is 4.90 Å². The first kappa shape index (κ1) is 18.1. The van der Waals surface area contributed by atoms with Crippen LogP contribution in [0.4, 0.5) is 5.69 Å². The minimum absolute atomic E-state index is 0.291. The molecule has 1 heterocycles. The zero-order valence-corrected chi connectivity index (χ0v) is 14.7. The van der Waals surface area contributed by atoms with Gasteiger partial charge in [-0.3, -0.25) is 24.1 Å². The summed E-state index contributed by atoms with van der Waals surface area (Å²) in [5.74, 6) is -2.41. The van der Waals surface area contributed by atoms with Crippen LogP contribution in [0.15, 0.2) is 24.3 Å². The van der Waals surface area contributed by atoms with Crippen molar-refractivity contribution in [1.29, 1.82) is 0 Å². The molecule has 1 saturated carbocycles. The number of benzene rings is 1. The summed E-state index contributed by atoms with van der Waals surface area (Å²) in [7, 11) is 0. The first-order chi connectivity index (χ1) is 12.5. The Balaban J connectivity index is 1.50. The van der Waals surface area contributed by atoms with Crippen LogP contribution in [0.1, 0.15) is 31.2 Å². The number of hydrogen-bond acceptors (Lipinski definition) is 5. The van der Waals surface area contributed by atoms with Crippen LogP contribution < -0.4 is 5.32 Å². The quantitative estimate of drug-likeness (QED) is 0.638. The molecule has 1 aliphatic carbocycles. The topological polar surface area (TPSA) is 92.8 Å². The number of ether oxygens (including phenoxy) is 1. The lowest BCUT2D eigenvalue weighted by atomic mass is 9.81. The van der Waals surface area contributed by atoms with E-state index in [0.29, 0.717) is 18.5 Å². The van der Waals surface area contributed by atoms with E-state index in [1.54, 1.807) is 12.1 Å². The number of fused-ring (bicyclic) bond motifs is 1. The van der Waals surface area contributed by atoms with Crippen LogP contribution >= 0.6 is 0 Å². The van der Waals surface area contributed by atoms with E-state index in [1.165, 1.54) is 0 Å². The molecule has 1 N–H and O–H groups in total. The van der Waals surface area contributed by atoms with Gasteiger partial charge in [0.05, 0.1) is 11.8 Å². The van der Waals surface area contributed by atoms with Crippen molar-refractivity contribution < 1.29 is 23.9 Å². The van der Waals surface area contributed by atoms with Gasteiger partial charge in [-0.2, -0.15) is 0 Å². The van der Waals surface area contributed by atoms with Gasteiger partial charge in [0, 0.05) is 5.69 Å². The molecule has 0 aromatic heterocycles. The summed E-state index contributed by atoms with van der Waals surface area (Å²) in [6, 6.07) is 7.25. The van der Waals surface area contributed by atoms with Gasteiger partial charge in [0.25, 0.3) is 5.91 Å². The van der Waals surface area contributed by atoms with Gasteiger partial charge in [-0.25, -0.2) is 0 Å². The third-order valence-corrected chi connectivity index (χ3v) is 5.00. The van der Waals surface area contributed by atoms with Gasteiger partial charge < -0.3 is 10.1 Å². The molecule has 7 heteroatoms. The molecule has 7 nitrogen and oxygen atoms in total. The summed E-state index contributed by atoms with van der Waals surface area (Å²) in [4.78, 5) is 49.5. The predicted octanol–water partition coefficient (Wildman–Crippen LogP) is 1.65. The van der Waals surface area contributed by atoms with E-state index in [-0.39, 0.29) is 23.7 Å². The molecule has 3 amide bonds. The zero-order valence-electron chi connectivity index (χ0n) is 14.7. The Bertz CT molecular complexity index is 721. The number of carbonyl (C=O) groups is 4. The van der Waals surface area contributed by atoms with Crippen LogP contribution in [0.3, 0.4) is 0 Å². The van der Waals surface area contributed by atoms with Crippen molar-refractivity contribution in [3.63, 3.8) is 0 Å². The van der Waals surface area contributed by atoms with E-state index in [1.807, 2.05) is 19.1 Å². The number of hydrogen-bond donors (Lipinski definition) is 1. The van der Waals surface area contributed by atoms with Crippen molar-refractivity contribution in [2.45, 2.75) is 32.6 Å². The van der Waals surface area contributed by atoms with E-state index in [9.17, 15) is 19.2 Å². The normalized spacial score (nSPS) is 22.1. The molecule has 0 spiro atoms. The number of rotatable bonds is 5. The number of aryl methyl sites for hydroxylation is 1. The highest BCUT2D eigenvalue weighted by atomic mass is 16.5. The fraction of sp³-hybridized carbons (Fsp3) is 0.474. The smallest absolute Gasteiger partial charge is 0.326 e. The van der Waals surface area contributed by atoms with E-state index < -0.39 is 25.0 Å². The van der Waals surface area contributed by atoms with Crippen molar-refractivity contribution in [3.05, 3.63) is 29.8 Å². The highest BCUT2D eigenvalue weighted by molar-refractivity contribution is 6.07. The third kappa shape index (κ3) is 3.76. The summed E-state index contributed by atoms with van der Waals surface area (Å²) < 4.78 is 4.93. The van der Waals surface area contributed by atoms with E-state index in [2.05, 4.69) is 5.32 Å². The van der Waals surface area contributed by atoms with Crippen LogP contribution in [-0.4, -0.2) is 41.7 Å². The van der Waals surface area contributed by atoms with Crippen molar-refractivity contribution in [3.8, 4) is 0 Å².